The van der Waals surface area contributed by atoms with Crippen LogP contribution in [0.2, 0.25) is 0 Å². The third-order valence-corrected chi connectivity index (χ3v) is 7.46. The molecule has 2 amide bonds. The summed E-state index contributed by atoms with van der Waals surface area (Å²) in [6.07, 6.45) is 4.19. The van der Waals surface area contributed by atoms with Crippen molar-refractivity contribution in [3.8, 4) is 0 Å². The van der Waals surface area contributed by atoms with Gasteiger partial charge in [0.2, 0.25) is 5.91 Å². The predicted molar refractivity (Wildman–Crippen MR) is 119 cm³/mol. The Morgan fingerprint density at radius 2 is 1.97 bits per heavy atom. The summed E-state index contributed by atoms with van der Waals surface area (Å²) in [6, 6.07) is -0.637. The number of rotatable bonds is 8. The average Bonchev–Trinajstić information content (AvgIpc) is 3.19. The summed E-state index contributed by atoms with van der Waals surface area (Å²) < 4.78 is 1.32. The van der Waals surface area contributed by atoms with Crippen LogP contribution in [0.4, 0.5) is 11.5 Å². The molecule has 0 bridgehead atoms. The van der Waals surface area contributed by atoms with Crippen molar-refractivity contribution in [1.82, 2.24) is 14.5 Å². The summed E-state index contributed by atoms with van der Waals surface area (Å²) in [5.41, 5.74) is 5.02. The van der Waals surface area contributed by atoms with E-state index in [9.17, 15) is 19.2 Å². The summed E-state index contributed by atoms with van der Waals surface area (Å²) in [4.78, 5) is 56.1. The van der Waals surface area contributed by atoms with E-state index in [0.717, 1.165) is 19.3 Å². The van der Waals surface area contributed by atoms with Gasteiger partial charge in [0, 0.05) is 25.3 Å². The highest BCUT2D eigenvalue weighted by Crippen LogP contribution is 2.47. The molecule has 3 rings (SSSR count). The first-order chi connectivity index (χ1) is 14.2. The van der Waals surface area contributed by atoms with Gasteiger partial charge in [-0.3, -0.25) is 23.9 Å². The largest absolute Gasteiger partial charge is 0.383 e. The molecule has 2 saturated heterocycles. The van der Waals surface area contributed by atoms with Gasteiger partial charge in [0.05, 0.1) is 4.87 Å². The van der Waals surface area contributed by atoms with Gasteiger partial charge in [0.1, 0.15) is 11.9 Å². The van der Waals surface area contributed by atoms with E-state index in [2.05, 4.69) is 4.98 Å². The molecule has 1 aromatic heterocycles. The standard InChI is InChI=1S/C20H31N5O4S/c1-4-6-10-23(15-16(21)24(11-7-5-2)19(29)22-17(15)27)18(28)13-12-30-20(3)9-8-14(26)25(13)20/h13H,4-12,21H2,1-3H3,(H,22,27,29)/t13-,20+/m0/s1. The minimum atomic E-state index is -0.670. The summed E-state index contributed by atoms with van der Waals surface area (Å²) in [6.45, 7) is 6.63. The van der Waals surface area contributed by atoms with E-state index in [1.165, 1.54) is 9.47 Å². The van der Waals surface area contributed by atoms with Crippen LogP contribution in [-0.2, 0) is 16.1 Å². The first-order valence-corrected chi connectivity index (χ1v) is 11.6. The van der Waals surface area contributed by atoms with Gasteiger partial charge in [-0.05, 0) is 26.2 Å². The molecular weight excluding hydrogens is 406 g/mol. The fraction of sp³-hybridized carbons (Fsp3) is 0.700. The molecule has 2 fully saturated rings. The average molecular weight is 438 g/mol. The number of hydrogen-bond acceptors (Lipinski definition) is 6. The third kappa shape index (κ3) is 3.89. The molecule has 9 nitrogen and oxygen atoms in total. The van der Waals surface area contributed by atoms with Crippen LogP contribution in [-0.4, -0.2) is 49.5 Å². The smallest absolute Gasteiger partial charge is 0.330 e. The summed E-state index contributed by atoms with van der Waals surface area (Å²) >= 11 is 1.60. The molecule has 3 heterocycles. The first kappa shape index (κ1) is 22.5. The quantitative estimate of drug-likeness (QED) is 0.636. The Morgan fingerprint density at radius 3 is 2.63 bits per heavy atom. The van der Waals surface area contributed by atoms with E-state index < -0.39 is 17.3 Å². The highest BCUT2D eigenvalue weighted by molar-refractivity contribution is 8.01. The molecule has 166 valence electrons. The van der Waals surface area contributed by atoms with Gasteiger partial charge in [0.25, 0.3) is 11.5 Å². The zero-order chi connectivity index (χ0) is 22.1. The second-order valence-electron chi connectivity index (χ2n) is 8.11. The van der Waals surface area contributed by atoms with Crippen molar-refractivity contribution in [3.63, 3.8) is 0 Å². The summed E-state index contributed by atoms with van der Waals surface area (Å²) in [7, 11) is 0. The lowest BCUT2D eigenvalue weighted by molar-refractivity contribution is -0.136. The number of fused-ring (bicyclic) bond motifs is 1. The number of aromatic amines is 1. The van der Waals surface area contributed by atoms with Crippen molar-refractivity contribution < 1.29 is 9.59 Å². The van der Waals surface area contributed by atoms with E-state index in [1.54, 1.807) is 16.7 Å². The molecule has 0 aliphatic carbocycles. The Labute approximate surface area is 180 Å². The maximum absolute atomic E-state index is 13.6. The second-order valence-corrected chi connectivity index (χ2v) is 9.61. The molecule has 30 heavy (non-hydrogen) atoms. The van der Waals surface area contributed by atoms with Crippen LogP contribution in [0.15, 0.2) is 9.59 Å². The molecule has 0 spiro atoms. The van der Waals surface area contributed by atoms with Gasteiger partial charge in [-0.2, -0.15) is 0 Å². The number of hydrogen-bond donors (Lipinski definition) is 2. The maximum Gasteiger partial charge on any atom is 0.330 e. The highest BCUT2D eigenvalue weighted by atomic mass is 32.2. The maximum atomic E-state index is 13.6. The number of anilines is 2. The monoisotopic (exact) mass is 437 g/mol. The van der Waals surface area contributed by atoms with Crippen molar-refractivity contribution in [1.29, 1.82) is 0 Å². The zero-order valence-corrected chi connectivity index (χ0v) is 18.7. The molecule has 0 aromatic carbocycles. The number of carbonyl (C=O) groups is 2. The lowest BCUT2D eigenvalue weighted by Crippen LogP contribution is -2.53. The Hall–Kier alpha value is -2.23. The fourth-order valence-corrected chi connectivity index (χ4v) is 5.63. The number of thioether (sulfide) groups is 1. The first-order valence-electron chi connectivity index (χ1n) is 10.6. The SMILES string of the molecule is CCCCN(C(=O)[C@@H]1CS[C@]2(C)CCC(=O)N12)c1c(N)n(CCCC)c(=O)[nH]c1=O. The number of amides is 2. The van der Waals surface area contributed by atoms with Crippen LogP contribution in [0, 0.1) is 0 Å². The Morgan fingerprint density at radius 1 is 1.27 bits per heavy atom. The number of unbranched alkanes of at least 4 members (excludes halogenated alkanes) is 2. The minimum absolute atomic E-state index is 0.00260. The zero-order valence-electron chi connectivity index (χ0n) is 17.9. The van der Waals surface area contributed by atoms with Crippen LogP contribution in [0.3, 0.4) is 0 Å². The Balaban J connectivity index is 2.03. The van der Waals surface area contributed by atoms with Gasteiger partial charge in [0.15, 0.2) is 5.69 Å². The molecule has 1 aromatic rings. The van der Waals surface area contributed by atoms with E-state index in [0.29, 0.717) is 38.1 Å². The van der Waals surface area contributed by atoms with Crippen molar-refractivity contribution in [3.05, 3.63) is 20.8 Å². The second kappa shape index (κ2) is 8.87. The summed E-state index contributed by atoms with van der Waals surface area (Å²) in [5.74, 6) is 0.137. The van der Waals surface area contributed by atoms with Gasteiger partial charge < -0.3 is 15.5 Å². The van der Waals surface area contributed by atoms with Crippen LogP contribution < -0.4 is 21.9 Å². The molecule has 0 saturated carbocycles. The number of carbonyl (C=O) groups excluding carboxylic acids is 2. The van der Waals surface area contributed by atoms with E-state index in [4.69, 9.17) is 5.73 Å². The Bertz CT molecular complexity index is 942. The van der Waals surface area contributed by atoms with Gasteiger partial charge in [-0.25, -0.2) is 4.79 Å². The fourth-order valence-electron chi connectivity index (χ4n) is 4.21. The van der Waals surface area contributed by atoms with Crippen LogP contribution in [0.25, 0.3) is 0 Å². The normalized spacial score (nSPS) is 23.1. The van der Waals surface area contributed by atoms with Crippen LogP contribution in [0.5, 0.6) is 0 Å². The van der Waals surface area contributed by atoms with Crippen molar-refractivity contribution in [2.45, 2.75) is 76.8 Å². The van der Waals surface area contributed by atoms with Crippen LogP contribution >= 0.6 is 11.8 Å². The molecule has 10 heteroatoms. The molecular formula is C20H31N5O4S. The minimum Gasteiger partial charge on any atom is -0.383 e. The highest BCUT2D eigenvalue weighted by Gasteiger charge is 2.53. The topological polar surface area (TPSA) is 121 Å². The lowest BCUT2D eigenvalue weighted by Gasteiger charge is -2.33. The third-order valence-electron chi connectivity index (χ3n) is 5.95. The van der Waals surface area contributed by atoms with E-state index in [-0.39, 0.29) is 28.2 Å². The summed E-state index contributed by atoms with van der Waals surface area (Å²) in [5, 5.41) is 0. The van der Waals surface area contributed by atoms with Crippen molar-refractivity contribution in [2.75, 3.05) is 22.9 Å². The number of nitrogens with one attached hydrogen (secondary N) is 1. The van der Waals surface area contributed by atoms with Crippen LogP contribution in [0.1, 0.15) is 59.3 Å². The number of nitrogens with zero attached hydrogens (tertiary/aromatic N) is 3. The number of nitrogens with two attached hydrogens (primary N) is 1. The number of aromatic nitrogens is 2. The van der Waals surface area contributed by atoms with E-state index in [1.807, 2.05) is 20.8 Å². The molecule has 2 aliphatic rings. The predicted octanol–water partition coefficient (Wildman–Crippen LogP) is 1.51. The molecule has 2 aliphatic heterocycles. The van der Waals surface area contributed by atoms with Gasteiger partial charge in [-0.15, -0.1) is 11.8 Å². The molecule has 0 radical (unpaired) electrons. The van der Waals surface area contributed by atoms with E-state index >= 15 is 0 Å². The van der Waals surface area contributed by atoms with Crippen molar-refractivity contribution in [2.24, 2.45) is 0 Å². The van der Waals surface area contributed by atoms with Crippen molar-refractivity contribution >= 4 is 35.1 Å². The number of H-pyrrole nitrogens is 1. The molecule has 0 unspecified atom stereocenters. The lowest BCUT2D eigenvalue weighted by atomic mass is 10.1. The molecule has 3 N–H and O–H groups in total. The Kier molecular flexibility index (Phi) is 6.64. The molecule has 2 atom stereocenters. The van der Waals surface area contributed by atoms with Gasteiger partial charge in [-0.1, -0.05) is 26.7 Å². The van der Waals surface area contributed by atoms with Gasteiger partial charge >= 0.3 is 5.69 Å². The number of nitrogen functional groups attached to an aromatic ring is 1.